The van der Waals surface area contributed by atoms with E-state index in [2.05, 4.69) is 11.9 Å². The first-order valence-corrected chi connectivity index (χ1v) is 11.2. The van der Waals surface area contributed by atoms with E-state index in [1.807, 2.05) is 6.07 Å². The zero-order valence-corrected chi connectivity index (χ0v) is 18.8. The third-order valence-corrected chi connectivity index (χ3v) is 5.72. The van der Waals surface area contributed by atoms with Gasteiger partial charge in [-0.3, -0.25) is 14.6 Å². The first-order chi connectivity index (χ1) is 16.5. The summed E-state index contributed by atoms with van der Waals surface area (Å²) in [6.45, 7) is 2.83. The van der Waals surface area contributed by atoms with Gasteiger partial charge in [-0.05, 0) is 60.0 Å². The molecule has 0 saturated carbocycles. The van der Waals surface area contributed by atoms with Gasteiger partial charge in [0.25, 0.3) is 11.7 Å². The molecule has 3 aromatic rings. The summed E-state index contributed by atoms with van der Waals surface area (Å²) in [4.78, 5) is 31.7. The number of phenols is 1. The quantitative estimate of drug-likeness (QED) is 0.222. The van der Waals surface area contributed by atoms with Crippen LogP contribution >= 0.6 is 0 Å². The van der Waals surface area contributed by atoms with Crippen molar-refractivity contribution in [3.05, 3.63) is 95.3 Å². The number of aliphatic hydroxyl groups excluding tert-OH is 1. The molecule has 7 nitrogen and oxygen atoms in total. The molecule has 2 heterocycles. The van der Waals surface area contributed by atoms with E-state index in [0.717, 1.165) is 18.4 Å². The maximum atomic E-state index is 13.1. The molecular formula is C27H26N2O5. The summed E-state index contributed by atoms with van der Waals surface area (Å²) < 4.78 is 5.67. The van der Waals surface area contributed by atoms with Crippen molar-refractivity contribution < 1.29 is 24.5 Å². The van der Waals surface area contributed by atoms with E-state index in [4.69, 9.17) is 4.74 Å². The van der Waals surface area contributed by atoms with Crippen LogP contribution in [0.25, 0.3) is 5.76 Å². The maximum absolute atomic E-state index is 13.1. The number of carbonyl (C=O) groups excluding carboxylic acids is 2. The Balaban J connectivity index is 1.74. The molecule has 0 radical (unpaired) electrons. The Morgan fingerprint density at radius 2 is 1.79 bits per heavy atom. The highest BCUT2D eigenvalue weighted by Gasteiger charge is 2.46. The number of amides is 1. The number of nitrogens with zero attached hydrogens (tertiary/aromatic N) is 2. The van der Waals surface area contributed by atoms with Crippen LogP contribution in [0.4, 0.5) is 0 Å². The Hall–Kier alpha value is -4.13. The first-order valence-electron chi connectivity index (χ1n) is 11.2. The number of carbonyl (C=O) groups is 2. The first kappa shape index (κ1) is 23.0. The third kappa shape index (κ3) is 4.78. The number of benzene rings is 2. The fourth-order valence-electron chi connectivity index (χ4n) is 3.93. The van der Waals surface area contributed by atoms with Gasteiger partial charge in [-0.2, -0.15) is 0 Å². The van der Waals surface area contributed by atoms with Gasteiger partial charge in [0.15, 0.2) is 0 Å². The number of pyridine rings is 1. The predicted octanol–water partition coefficient (Wildman–Crippen LogP) is 4.59. The molecule has 0 aliphatic carbocycles. The summed E-state index contributed by atoms with van der Waals surface area (Å²) in [7, 11) is 0. The molecular weight excluding hydrogens is 432 g/mol. The molecule has 1 fully saturated rings. The zero-order valence-electron chi connectivity index (χ0n) is 18.8. The second kappa shape index (κ2) is 10.2. The molecule has 0 unspecified atom stereocenters. The highest BCUT2D eigenvalue weighted by molar-refractivity contribution is 6.46. The van der Waals surface area contributed by atoms with Crippen molar-refractivity contribution in [1.82, 2.24) is 9.88 Å². The molecule has 1 aliphatic heterocycles. The average Bonchev–Trinajstić information content (AvgIpc) is 3.10. The number of aliphatic hydroxyl groups is 1. The van der Waals surface area contributed by atoms with E-state index in [9.17, 15) is 19.8 Å². The Morgan fingerprint density at radius 3 is 2.44 bits per heavy atom. The Bertz CT molecular complexity index is 1190. The van der Waals surface area contributed by atoms with Gasteiger partial charge in [-0.1, -0.05) is 31.5 Å². The fraction of sp³-hybridized carbons (Fsp3) is 0.222. The number of phenolic OH excluding ortho intramolecular Hbond substituents is 1. The molecule has 0 bridgehead atoms. The Kier molecular flexibility index (Phi) is 6.92. The topological polar surface area (TPSA) is 100.0 Å². The van der Waals surface area contributed by atoms with Crippen LogP contribution in [0.15, 0.2) is 78.6 Å². The number of unbranched alkanes of at least 4 members (excludes halogenated alkanes) is 1. The Labute approximate surface area is 198 Å². The monoisotopic (exact) mass is 458 g/mol. The number of aromatic nitrogens is 1. The molecule has 0 spiro atoms. The summed E-state index contributed by atoms with van der Waals surface area (Å²) in [5.74, 6) is -1.00. The van der Waals surface area contributed by atoms with Crippen LogP contribution in [0.1, 0.15) is 42.5 Å². The molecule has 2 aromatic carbocycles. The molecule has 2 N–H and O–H groups in total. The number of hydrogen-bond donors (Lipinski definition) is 2. The van der Waals surface area contributed by atoms with Gasteiger partial charge in [-0.25, -0.2) is 0 Å². The SMILES string of the molecule is CCCCOc1ccc(C(O)=C2C(=O)C(=O)N(Cc3cccnc3)[C@H]2c2ccc(O)cc2)cc1. The lowest BCUT2D eigenvalue weighted by Crippen LogP contribution is -2.29. The van der Waals surface area contributed by atoms with Crippen LogP contribution in [-0.2, 0) is 16.1 Å². The summed E-state index contributed by atoms with van der Waals surface area (Å²) in [6, 6.07) is 15.8. The number of ether oxygens (including phenoxy) is 1. The molecule has 1 saturated heterocycles. The van der Waals surface area contributed by atoms with Crippen molar-refractivity contribution >= 4 is 17.4 Å². The zero-order chi connectivity index (χ0) is 24.1. The molecule has 7 heteroatoms. The van der Waals surface area contributed by atoms with E-state index in [1.54, 1.807) is 54.9 Å². The minimum atomic E-state index is -0.818. The van der Waals surface area contributed by atoms with Crippen molar-refractivity contribution in [3.8, 4) is 11.5 Å². The second-order valence-corrected chi connectivity index (χ2v) is 8.11. The molecule has 1 atom stereocenters. The van der Waals surface area contributed by atoms with E-state index in [-0.39, 0.29) is 23.6 Å². The second-order valence-electron chi connectivity index (χ2n) is 8.11. The standard InChI is InChI=1S/C27H26N2O5/c1-2-3-15-34-22-12-8-20(9-13-22)25(31)23-24(19-6-10-21(30)11-7-19)29(27(33)26(23)32)17-18-5-4-14-28-16-18/h4-14,16,24,30-31H,2-3,15,17H2,1H3/t24-/m0/s1. The molecule has 174 valence electrons. The van der Waals surface area contributed by atoms with Crippen LogP contribution in [0, 0.1) is 0 Å². The largest absolute Gasteiger partial charge is 0.508 e. The lowest BCUT2D eigenvalue weighted by Gasteiger charge is -2.25. The van der Waals surface area contributed by atoms with Crippen molar-refractivity contribution in [2.75, 3.05) is 6.61 Å². The molecule has 1 amide bonds. The minimum Gasteiger partial charge on any atom is -0.508 e. The van der Waals surface area contributed by atoms with Crippen LogP contribution in [0.5, 0.6) is 11.5 Å². The highest BCUT2D eigenvalue weighted by Crippen LogP contribution is 2.40. The highest BCUT2D eigenvalue weighted by atomic mass is 16.5. The molecule has 4 rings (SSSR count). The van der Waals surface area contributed by atoms with Crippen LogP contribution in [0.2, 0.25) is 0 Å². The maximum Gasteiger partial charge on any atom is 0.295 e. The van der Waals surface area contributed by atoms with Gasteiger partial charge in [-0.15, -0.1) is 0 Å². The number of ketones is 1. The number of Topliss-reactive ketones (excluding diaryl/α,β-unsaturated/α-hetero) is 1. The Morgan fingerprint density at radius 1 is 1.06 bits per heavy atom. The van der Waals surface area contributed by atoms with Gasteiger partial charge < -0.3 is 19.8 Å². The minimum absolute atomic E-state index is 0.000712. The van der Waals surface area contributed by atoms with Crippen LogP contribution < -0.4 is 4.74 Å². The van der Waals surface area contributed by atoms with Crippen molar-refractivity contribution in [2.45, 2.75) is 32.4 Å². The summed E-state index contributed by atoms with van der Waals surface area (Å²) in [5.41, 5.74) is 1.76. The molecule has 34 heavy (non-hydrogen) atoms. The van der Waals surface area contributed by atoms with Gasteiger partial charge in [0.1, 0.15) is 17.3 Å². The lowest BCUT2D eigenvalue weighted by molar-refractivity contribution is -0.140. The molecule has 1 aliphatic rings. The smallest absolute Gasteiger partial charge is 0.295 e. The van der Waals surface area contributed by atoms with E-state index < -0.39 is 17.7 Å². The predicted molar refractivity (Wildman–Crippen MR) is 127 cm³/mol. The number of hydrogen-bond acceptors (Lipinski definition) is 6. The third-order valence-electron chi connectivity index (χ3n) is 5.72. The summed E-state index contributed by atoms with van der Waals surface area (Å²) in [5, 5.41) is 20.9. The van der Waals surface area contributed by atoms with Crippen molar-refractivity contribution in [1.29, 1.82) is 0 Å². The van der Waals surface area contributed by atoms with E-state index >= 15 is 0 Å². The lowest BCUT2D eigenvalue weighted by atomic mass is 9.95. The average molecular weight is 459 g/mol. The van der Waals surface area contributed by atoms with Crippen molar-refractivity contribution in [2.24, 2.45) is 0 Å². The fourth-order valence-corrected chi connectivity index (χ4v) is 3.93. The number of rotatable bonds is 8. The number of likely N-dealkylation sites (tertiary alicyclic amines) is 1. The summed E-state index contributed by atoms with van der Waals surface area (Å²) >= 11 is 0. The molecule has 1 aromatic heterocycles. The van der Waals surface area contributed by atoms with E-state index in [0.29, 0.717) is 23.5 Å². The van der Waals surface area contributed by atoms with Crippen LogP contribution in [-0.4, -0.2) is 38.4 Å². The van der Waals surface area contributed by atoms with Gasteiger partial charge >= 0.3 is 0 Å². The normalized spacial score (nSPS) is 17.2. The van der Waals surface area contributed by atoms with Gasteiger partial charge in [0, 0.05) is 24.5 Å². The van der Waals surface area contributed by atoms with Gasteiger partial charge in [0.05, 0.1) is 18.2 Å². The summed E-state index contributed by atoms with van der Waals surface area (Å²) in [6.07, 6.45) is 5.22. The van der Waals surface area contributed by atoms with Gasteiger partial charge in [0.2, 0.25) is 0 Å². The van der Waals surface area contributed by atoms with Crippen LogP contribution in [0.3, 0.4) is 0 Å². The number of aromatic hydroxyl groups is 1. The van der Waals surface area contributed by atoms with Crippen molar-refractivity contribution in [3.63, 3.8) is 0 Å². The van der Waals surface area contributed by atoms with E-state index in [1.165, 1.54) is 17.0 Å².